The lowest BCUT2D eigenvalue weighted by molar-refractivity contribution is 0.0773. The molecule has 3 aromatic carbocycles. The van der Waals surface area contributed by atoms with Gasteiger partial charge >= 0.3 is 0 Å². The van der Waals surface area contributed by atoms with Crippen LogP contribution in [0.5, 0.6) is 0 Å². The van der Waals surface area contributed by atoms with Crippen molar-refractivity contribution in [3.05, 3.63) is 95.1 Å². The van der Waals surface area contributed by atoms with Crippen LogP contribution in [0.1, 0.15) is 46.9 Å². The quantitative estimate of drug-likeness (QED) is 0.488. The summed E-state index contributed by atoms with van der Waals surface area (Å²) in [6, 6.07) is 25.5. The molecule has 1 aliphatic heterocycles. The third-order valence-electron chi connectivity index (χ3n) is 6.58. The number of nitrogens with one attached hydrogen (secondary N) is 2. The van der Waals surface area contributed by atoms with E-state index < -0.39 is 0 Å². The predicted octanol–water partition coefficient (Wildman–Crippen LogP) is 5.22. The molecule has 5 heteroatoms. The van der Waals surface area contributed by atoms with Crippen LogP contribution in [0.25, 0.3) is 0 Å². The monoisotopic (exact) mass is 456 g/mol. The van der Waals surface area contributed by atoms with Crippen molar-refractivity contribution in [2.24, 2.45) is 0 Å². The van der Waals surface area contributed by atoms with E-state index in [0.29, 0.717) is 0 Å². The highest BCUT2D eigenvalue weighted by Crippen LogP contribution is 2.31. The molecule has 2 N–H and O–H groups in total. The number of hydrogen-bond donors (Lipinski definition) is 2. The molecule has 3 aromatic rings. The van der Waals surface area contributed by atoms with E-state index in [9.17, 15) is 4.79 Å². The Bertz CT molecular complexity index is 1070. The Morgan fingerprint density at radius 1 is 0.912 bits per heavy atom. The van der Waals surface area contributed by atoms with E-state index in [-0.39, 0.29) is 11.9 Å². The van der Waals surface area contributed by atoms with E-state index in [0.717, 1.165) is 56.2 Å². The van der Waals surface area contributed by atoms with Crippen LogP contribution in [0.15, 0.2) is 72.8 Å². The van der Waals surface area contributed by atoms with Gasteiger partial charge in [-0.15, -0.1) is 0 Å². The summed E-state index contributed by atoms with van der Waals surface area (Å²) in [5.41, 5.74) is 6.63. The summed E-state index contributed by atoms with van der Waals surface area (Å²) in [7, 11) is 0. The largest absolute Gasteiger partial charge is 0.356 e. The summed E-state index contributed by atoms with van der Waals surface area (Å²) in [4.78, 5) is 17.2. The molecular formula is C29H36N4O. The summed E-state index contributed by atoms with van der Waals surface area (Å²) in [6.45, 7) is 11.5. The van der Waals surface area contributed by atoms with Crippen molar-refractivity contribution in [2.45, 2.75) is 26.8 Å². The van der Waals surface area contributed by atoms with Crippen LogP contribution < -0.4 is 10.6 Å². The number of rotatable bonds is 8. The molecule has 4 rings (SSSR count). The minimum absolute atomic E-state index is 0.0968. The maximum atomic E-state index is 12.8. The molecule has 0 aliphatic carbocycles. The van der Waals surface area contributed by atoms with Crippen LogP contribution in [-0.4, -0.2) is 55.0 Å². The van der Waals surface area contributed by atoms with Crippen molar-refractivity contribution in [1.29, 1.82) is 0 Å². The lowest BCUT2D eigenvalue weighted by Crippen LogP contribution is -2.45. The molecule has 0 spiro atoms. The number of carbonyl (C=O) groups is 1. The molecule has 0 aromatic heterocycles. The number of nitrogens with zero attached hydrogens (tertiary/aromatic N) is 2. The van der Waals surface area contributed by atoms with Gasteiger partial charge in [-0.1, -0.05) is 42.0 Å². The highest BCUT2D eigenvalue weighted by molar-refractivity contribution is 5.94. The van der Waals surface area contributed by atoms with Gasteiger partial charge in [0.1, 0.15) is 0 Å². The van der Waals surface area contributed by atoms with Crippen molar-refractivity contribution in [3.8, 4) is 0 Å². The van der Waals surface area contributed by atoms with Gasteiger partial charge in [0, 0.05) is 56.2 Å². The van der Waals surface area contributed by atoms with Gasteiger partial charge < -0.3 is 15.5 Å². The fourth-order valence-corrected chi connectivity index (χ4v) is 4.65. The number of aryl methyl sites for hydroxylation is 1. The number of benzene rings is 3. The van der Waals surface area contributed by atoms with Gasteiger partial charge in [-0.25, -0.2) is 0 Å². The molecule has 0 unspecified atom stereocenters. The molecule has 34 heavy (non-hydrogen) atoms. The topological polar surface area (TPSA) is 47.6 Å². The first-order valence-corrected chi connectivity index (χ1v) is 12.4. The molecular weight excluding hydrogens is 420 g/mol. The molecule has 1 aliphatic rings. The second-order valence-electron chi connectivity index (χ2n) is 8.90. The Balaban J connectivity index is 1.63. The maximum Gasteiger partial charge on any atom is 0.253 e. The minimum atomic E-state index is 0.0968. The summed E-state index contributed by atoms with van der Waals surface area (Å²) in [5.74, 6) is 0.0968. The third kappa shape index (κ3) is 5.66. The van der Waals surface area contributed by atoms with Crippen molar-refractivity contribution >= 4 is 17.3 Å². The molecule has 1 amide bonds. The molecule has 0 radical (unpaired) electrons. The van der Waals surface area contributed by atoms with E-state index in [1.54, 1.807) is 0 Å². The van der Waals surface area contributed by atoms with Crippen LogP contribution in [-0.2, 0) is 0 Å². The average Bonchev–Trinajstić information content (AvgIpc) is 2.88. The highest BCUT2D eigenvalue weighted by atomic mass is 16.2. The molecule has 5 nitrogen and oxygen atoms in total. The van der Waals surface area contributed by atoms with E-state index >= 15 is 0 Å². The lowest BCUT2D eigenvalue weighted by atomic mass is 9.95. The number of piperazine rings is 1. The maximum absolute atomic E-state index is 12.8. The molecule has 178 valence electrons. The van der Waals surface area contributed by atoms with Gasteiger partial charge in [0.25, 0.3) is 5.91 Å². The fraction of sp³-hybridized carbons (Fsp3) is 0.345. The van der Waals surface area contributed by atoms with Crippen LogP contribution >= 0.6 is 0 Å². The van der Waals surface area contributed by atoms with Crippen LogP contribution in [0.3, 0.4) is 0 Å². The second-order valence-corrected chi connectivity index (χ2v) is 8.90. The lowest BCUT2D eigenvalue weighted by Gasteiger charge is -2.36. The smallest absolute Gasteiger partial charge is 0.253 e. The minimum Gasteiger partial charge on any atom is -0.356 e. The normalized spacial score (nSPS) is 15.0. The van der Waals surface area contributed by atoms with Gasteiger partial charge in [-0.3, -0.25) is 9.69 Å². The van der Waals surface area contributed by atoms with Crippen LogP contribution in [0.4, 0.5) is 11.4 Å². The second kappa shape index (κ2) is 11.3. The summed E-state index contributed by atoms with van der Waals surface area (Å²) < 4.78 is 0. The van der Waals surface area contributed by atoms with Gasteiger partial charge in [0.15, 0.2) is 0 Å². The van der Waals surface area contributed by atoms with Gasteiger partial charge in [0.05, 0.1) is 6.04 Å². The highest BCUT2D eigenvalue weighted by Gasteiger charge is 2.24. The standard InChI is InChI=1S/C29H36N4O/c1-4-32(5-2)29(34)24-13-11-23(12-14-24)28(33-19-17-30-18-20-33)25-7-6-8-27(21-25)31-26-15-9-22(3)10-16-26/h6-16,21,28,30-31H,4-5,17-20H2,1-3H3/t28-/m1/s1. The molecule has 1 heterocycles. The number of hydrogen-bond acceptors (Lipinski definition) is 4. The van der Waals surface area contributed by atoms with Gasteiger partial charge in [-0.05, 0) is 68.3 Å². The van der Waals surface area contributed by atoms with E-state index in [1.165, 1.54) is 16.7 Å². The van der Waals surface area contributed by atoms with E-state index in [1.807, 2.05) is 30.9 Å². The Morgan fingerprint density at radius 3 is 2.24 bits per heavy atom. The summed E-state index contributed by atoms with van der Waals surface area (Å²) >= 11 is 0. The molecule has 1 atom stereocenters. The SMILES string of the molecule is CCN(CC)C(=O)c1ccc([C@H](c2cccc(Nc3ccc(C)cc3)c2)N2CCNCC2)cc1. The fourth-order valence-electron chi connectivity index (χ4n) is 4.65. The number of amides is 1. The van der Waals surface area contributed by atoms with Crippen LogP contribution in [0, 0.1) is 6.92 Å². The molecule has 1 fully saturated rings. The molecule has 1 saturated heterocycles. The van der Waals surface area contributed by atoms with Crippen molar-refractivity contribution in [3.63, 3.8) is 0 Å². The molecule has 0 bridgehead atoms. The van der Waals surface area contributed by atoms with E-state index in [2.05, 4.69) is 83.1 Å². The molecule has 0 saturated carbocycles. The zero-order chi connectivity index (χ0) is 23.9. The Kier molecular flexibility index (Phi) is 7.99. The first kappa shape index (κ1) is 24.0. The van der Waals surface area contributed by atoms with Crippen LogP contribution in [0.2, 0.25) is 0 Å². The Morgan fingerprint density at radius 2 is 1.59 bits per heavy atom. The Labute approximate surface area is 203 Å². The average molecular weight is 457 g/mol. The summed E-state index contributed by atoms with van der Waals surface area (Å²) in [5, 5.41) is 7.02. The van der Waals surface area contributed by atoms with E-state index in [4.69, 9.17) is 0 Å². The third-order valence-corrected chi connectivity index (χ3v) is 6.58. The number of carbonyl (C=O) groups excluding carboxylic acids is 1. The summed E-state index contributed by atoms with van der Waals surface area (Å²) in [6.07, 6.45) is 0. The van der Waals surface area contributed by atoms with Crippen molar-refractivity contribution < 1.29 is 4.79 Å². The first-order chi connectivity index (χ1) is 16.6. The van der Waals surface area contributed by atoms with Gasteiger partial charge in [0.2, 0.25) is 0 Å². The zero-order valence-electron chi connectivity index (χ0n) is 20.6. The number of anilines is 2. The first-order valence-electron chi connectivity index (χ1n) is 12.4. The Hall–Kier alpha value is -3.15. The predicted molar refractivity (Wildman–Crippen MR) is 141 cm³/mol. The van der Waals surface area contributed by atoms with Crippen molar-refractivity contribution in [1.82, 2.24) is 15.1 Å². The zero-order valence-corrected chi connectivity index (χ0v) is 20.6. The van der Waals surface area contributed by atoms with Gasteiger partial charge in [-0.2, -0.15) is 0 Å². The van der Waals surface area contributed by atoms with Crippen molar-refractivity contribution in [2.75, 3.05) is 44.6 Å².